The van der Waals surface area contributed by atoms with Crippen molar-refractivity contribution in [2.75, 3.05) is 23.7 Å². The molecule has 0 radical (unpaired) electrons. The highest BCUT2D eigenvalue weighted by Crippen LogP contribution is 2.22. The number of hydrogen-bond donors (Lipinski definition) is 1. The molecule has 1 fully saturated rings. The molecule has 18 heavy (non-hydrogen) atoms. The number of rotatable bonds is 3. The summed E-state index contributed by atoms with van der Waals surface area (Å²) in [6, 6.07) is 6.94. The van der Waals surface area contributed by atoms with E-state index in [1.807, 2.05) is 12.1 Å². The minimum absolute atomic E-state index is 0.120. The van der Waals surface area contributed by atoms with Crippen molar-refractivity contribution in [1.29, 1.82) is 0 Å². The number of benzene rings is 1. The first-order chi connectivity index (χ1) is 8.53. The molecule has 1 heterocycles. The lowest BCUT2D eigenvalue weighted by Gasteiger charge is -2.32. The van der Waals surface area contributed by atoms with Gasteiger partial charge in [0.15, 0.2) is 9.84 Å². The second-order valence-corrected chi connectivity index (χ2v) is 6.92. The van der Waals surface area contributed by atoms with Gasteiger partial charge in [-0.05, 0) is 37.1 Å². The zero-order chi connectivity index (χ0) is 13.2. The first-order valence-corrected chi connectivity index (χ1v) is 7.94. The van der Waals surface area contributed by atoms with Crippen LogP contribution in [0.4, 0.5) is 5.69 Å². The van der Waals surface area contributed by atoms with Gasteiger partial charge in [-0.1, -0.05) is 6.92 Å². The van der Waals surface area contributed by atoms with E-state index in [0.29, 0.717) is 11.4 Å². The molecule has 1 saturated heterocycles. The number of sulfone groups is 1. The number of β-amino-alcohol motifs (C(OH)–C–C–N with tert-alkyl or cyclic N) is 1. The van der Waals surface area contributed by atoms with Crippen molar-refractivity contribution in [3.63, 3.8) is 0 Å². The van der Waals surface area contributed by atoms with Crippen LogP contribution in [0.15, 0.2) is 29.2 Å². The summed E-state index contributed by atoms with van der Waals surface area (Å²) in [5, 5.41) is 9.63. The van der Waals surface area contributed by atoms with Gasteiger partial charge < -0.3 is 10.0 Å². The summed E-state index contributed by atoms with van der Waals surface area (Å²) in [6.07, 6.45) is 1.53. The molecular weight excluding hydrogens is 250 g/mol. The number of aliphatic hydroxyl groups is 1. The quantitative estimate of drug-likeness (QED) is 0.902. The van der Waals surface area contributed by atoms with Crippen LogP contribution < -0.4 is 4.90 Å². The largest absolute Gasteiger partial charge is 0.391 e. The van der Waals surface area contributed by atoms with Gasteiger partial charge in [0.2, 0.25) is 0 Å². The van der Waals surface area contributed by atoms with Crippen molar-refractivity contribution >= 4 is 15.5 Å². The highest BCUT2D eigenvalue weighted by molar-refractivity contribution is 7.91. The molecule has 1 unspecified atom stereocenters. The maximum absolute atomic E-state index is 11.7. The SMILES string of the molecule is CCS(=O)(=O)c1ccc(N2CCCC(O)C2)cc1. The van der Waals surface area contributed by atoms with Gasteiger partial charge in [-0.15, -0.1) is 0 Å². The molecule has 1 aromatic carbocycles. The van der Waals surface area contributed by atoms with E-state index in [2.05, 4.69) is 4.90 Å². The lowest BCUT2D eigenvalue weighted by Crippen LogP contribution is -2.38. The summed E-state index contributed by atoms with van der Waals surface area (Å²) >= 11 is 0. The van der Waals surface area contributed by atoms with Crippen molar-refractivity contribution < 1.29 is 13.5 Å². The average Bonchev–Trinajstić information content (AvgIpc) is 2.39. The Hall–Kier alpha value is -1.07. The third kappa shape index (κ3) is 2.84. The number of piperidine rings is 1. The lowest BCUT2D eigenvalue weighted by atomic mass is 10.1. The van der Waals surface area contributed by atoms with E-state index < -0.39 is 9.84 Å². The lowest BCUT2D eigenvalue weighted by molar-refractivity contribution is 0.154. The fourth-order valence-corrected chi connectivity index (χ4v) is 3.10. The standard InChI is InChI=1S/C13H19NO3S/c1-2-18(16,17)13-7-5-11(6-8-13)14-9-3-4-12(15)10-14/h5-8,12,15H,2-4,9-10H2,1H3. The molecule has 0 spiro atoms. The van der Waals surface area contributed by atoms with Crippen molar-refractivity contribution in [2.24, 2.45) is 0 Å². The highest BCUT2D eigenvalue weighted by Gasteiger charge is 2.18. The minimum Gasteiger partial charge on any atom is -0.391 e. The van der Waals surface area contributed by atoms with Gasteiger partial charge in [-0.25, -0.2) is 8.42 Å². The monoisotopic (exact) mass is 269 g/mol. The van der Waals surface area contributed by atoms with E-state index in [9.17, 15) is 13.5 Å². The van der Waals surface area contributed by atoms with Crippen LogP contribution in [0.5, 0.6) is 0 Å². The van der Waals surface area contributed by atoms with Crippen LogP contribution >= 0.6 is 0 Å². The number of nitrogens with zero attached hydrogens (tertiary/aromatic N) is 1. The molecule has 1 N–H and O–H groups in total. The molecule has 100 valence electrons. The molecule has 0 bridgehead atoms. The van der Waals surface area contributed by atoms with Crippen molar-refractivity contribution in [3.8, 4) is 0 Å². The van der Waals surface area contributed by atoms with E-state index in [4.69, 9.17) is 0 Å². The van der Waals surface area contributed by atoms with Crippen LogP contribution in [0.3, 0.4) is 0 Å². The summed E-state index contributed by atoms with van der Waals surface area (Å²) in [4.78, 5) is 2.46. The van der Waals surface area contributed by atoms with Gasteiger partial charge in [-0.3, -0.25) is 0 Å². The van der Waals surface area contributed by atoms with Gasteiger partial charge in [0.1, 0.15) is 0 Å². The minimum atomic E-state index is -3.12. The molecule has 0 aromatic heterocycles. The van der Waals surface area contributed by atoms with Crippen molar-refractivity contribution in [2.45, 2.75) is 30.8 Å². The Morgan fingerprint density at radius 3 is 2.56 bits per heavy atom. The number of anilines is 1. The Kier molecular flexibility index (Phi) is 3.92. The smallest absolute Gasteiger partial charge is 0.178 e. The van der Waals surface area contributed by atoms with Gasteiger partial charge in [0, 0.05) is 18.8 Å². The highest BCUT2D eigenvalue weighted by atomic mass is 32.2. The van der Waals surface area contributed by atoms with Crippen LogP contribution in [0.2, 0.25) is 0 Å². The Bertz CT molecular complexity index is 495. The third-order valence-corrected chi connectivity index (χ3v) is 5.09. The summed E-state index contributed by atoms with van der Waals surface area (Å²) in [6.45, 7) is 3.18. The van der Waals surface area contributed by atoms with E-state index in [0.717, 1.165) is 25.1 Å². The molecule has 0 saturated carbocycles. The first-order valence-electron chi connectivity index (χ1n) is 6.29. The van der Waals surface area contributed by atoms with E-state index in [1.165, 1.54) is 0 Å². The molecular formula is C13H19NO3S. The van der Waals surface area contributed by atoms with Crippen LogP contribution in [-0.2, 0) is 9.84 Å². The Morgan fingerprint density at radius 2 is 2.00 bits per heavy atom. The maximum atomic E-state index is 11.7. The zero-order valence-corrected chi connectivity index (χ0v) is 11.4. The van der Waals surface area contributed by atoms with E-state index in [1.54, 1.807) is 19.1 Å². The fourth-order valence-electron chi connectivity index (χ4n) is 2.22. The normalized spacial score (nSPS) is 21.0. The Balaban J connectivity index is 2.17. The molecule has 1 atom stereocenters. The van der Waals surface area contributed by atoms with E-state index in [-0.39, 0.29) is 11.9 Å². The van der Waals surface area contributed by atoms with Crippen LogP contribution in [0.25, 0.3) is 0 Å². The molecule has 1 aromatic rings. The van der Waals surface area contributed by atoms with Crippen LogP contribution in [0.1, 0.15) is 19.8 Å². The Morgan fingerprint density at radius 1 is 1.33 bits per heavy atom. The van der Waals surface area contributed by atoms with Crippen molar-refractivity contribution in [3.05, 3.63) is 24.3 Å². The Labute approximate surface area is 108 Å². The molecule has 0 aliphatic carbocycles. The zero-order valence-electron chi connectivity index (χ0n) is 10.5. The summed E-state index contributed by atoms with van der Waals surface area (Å²) in [5.41, 5.74) is 0.976. The second kappa shape index (κ2) is 5.28. The van der Waals surface area contributed by atoms with Crippen LogP contribution in [-0.4, -0.2) is 38.5 Å². The van der Waals surface area contributed by atoms with E-state index >= 15 is 0 Å². The average molecular weight is 269 g/mol. The number of hydrogen-bond acceptors (Lipinski definition) is 4. The predicted molar refractivity (Wildman–Crippen MR) is 71.6 cm³/mol. The molecule has 4 nitrogen and oxygen atoms in total. The van der Waals surface area contributed by atoms with Gasteiger partial charge in [-0.2, -0.15) is 0 Å². The van der Waals surface area contributed by atoms with Gasteiger partial charge in [0.25, 0.3) is 0 Å². The van der Waals surface area contributed by atoms with Gasteiger partial charge >= 0.3 is 0 Å². The molecule has 5 heteroatoms. The summed E-state index contributed by atoms with van der Waals surface area (Å²) < 4.78 is 23.4. The first kappa shape index (κ1) is 13.4. The fraction of sp³-hybridized carbons (Fsp3) is 0.538. The second-order valence-electron chi connectivity index (χ2n) is 4.64. The molecule has 2 rings (SSSR count). The molecule has 1 aliphatic rings. The maximum Gasteiger partial charge on any atom is 0.178 e. The summed E-state index contributed by atoms with van der Waals surface area (Å²) in [5.74, 6) is 0.120. The molecule has 0 amide bonds. The van der Waals surface area contributed by atoms with Gasteiger partial charge in [0.05, 0.1) is 16.8 Å². The predicted octanol–water partition coefficient (Wildman–Crippen LogP) is 1.44. The topological polar surface area (TPSA) is 57.6 Å². The third-order valence-electron chi connectivity index (χ3n) is 3.34. The molecule has 1 aliphatic heterocycles. The number of aliphatic hydroxyl groups excluding tert-OH is 1. The van der Waals surface area contributed by atoms with Crippen LogP contribution in [0, 0.1) is 0 Å². The van der Waals surface area contributed by atoms with Crippen molar-refractivity contribution in [1.82, 2.24) is 0 Å². The summed E-state index contributed by atoms with van der Waals surface area (Å²) in [7, 11) is -3.12.